The Bertz CT molecular complexity index is 765. The number of methoxy groups -OCH3 is 1. The number of hydrogen-bond donors (Lipinski definition) is 2. The lowest BCUT2D eigenvalue weighted by Crippen LogP contribution is -2.46. The predicted octanol–water partition coefficient (Wildman–Crippen LogP) is 2.24. The maximum Gasteiger partial charge on any atom is 0.240 e. The SMILES string of the molecule is COc1ccc(C[C@H](NC(=O)Cc2ccc(F)cc2)C(N)=O)cc1Cl. The summed E-state index contributed by atoms with van der Waals surface area (Å²) in [4.78, 5) is 23.8. The lowest BCUT2D eigenvalue weighted by molar-refractivity contribution is -0.127. The Morgan fingerprint density at radius 3 is 2.40 bits per heavy atom. The topological polar surface area (TPSA) is 81.4 Å². The van der Waals surface area contributed by atoms with Crippen LogP contribution in [0.25, 0.3) is 0 Å². The van der Waals surface area contributed by atoms with Gasteiger partial charge in [0.25, 0.3) is 0 Å². The van der Waals surface area contributed by atoms with Gasteiger partial charge < -0.3 is 15.8 Å². The second-order valence-corrected chi connectivity index (χ2v) is 5.91. The minimum Gasteiger partial charge on any atom is -0.495 e. The van der Waals surface area contributed by atoms with E-state index in [-0.39, 0.29) is 24.6 Å². The Morgan fingerprint density at radius 1 is 1.20 bits per heavy atom. The average molecular weight is 365 g/mol. The van der Waals surface area contributed by atoms with E-state index in [1.165, 1.54) is 31.4 Å². The minimum atomic E-state index is -0.877. The summed E-state index contributed by atoms with van der Waals surface area (Å²) in [6.07, 6.45) is 0.224. The van der Waals surface area contributed by atoms with Crippen LogP contribution in [0.3, 0.4) is 0 Å². The molecule has 0 radical (unpaired) electrons. The molecule has 2 aromatic rings. The number of carbonyl (C=O) groups is 2. The lowest BCUT2D eigenvalue weighted by atomic mass is 10.0. The van der Waals surface area contributed by atoms with Crippen molar-refractivity contribution < 1.29 is 18.7 Å². The van der Waals surface area contributed by atoms with Crippen LogP contribution in [0.2, 0.25) is 5.02 Å². The number of hydrogen-bond acceptors (Lipinski definition) is 3. The van der Waals surface area contributed by atoms with Crippen molar-refractivity contribution in [3.63, 3.8) is 0 Å². The summed E-state index contributed by atoms with van der Waals surface area (Å²) >= 11 is 6.06. The zero-order valence-electron chi connectivity index (χ0n) is 13.6. The molecule has 0 bridgehead atoms. The third-order valence-corrected chi connectivity index (χ3v) is 3.91. The molecule has 0 aliphatic heterocycles. The number of carbonyl (C=O) groups excluding carboxylic acids is 2. The van der Waals surface area contributed by atoms with Crippen LogP contribution >= 0.6 is 11.6 Å². The molecule has 0 aliphatic rings. The first kappa shape index (κ1) is 18.7. The second-order valence-electron chi connectivity index (χ2n) is 5.50. The predicted molar refractivity (Wildman–Crippen MR) is 92.9 cm³/mol. The zero-order chi connectivity index (χ0) is 18.4. The van der Waals surface area contributed by atoms with Crippen LogP contribution in [0, 0.1) is 5.82 Å². The van der Waals surface area contributed by atoms with Crippen molar-refractivity contribution in [1.29, 1.82) is 0 Å². The first-order valence-electron chi connectivity index (χ1n) is 7.54. The Kier molecular flexibility index (Phi) is 6.36. The summed E-state index contributed by atoms with van der Waals surface area (Å²) in [6.45, 7) is 0. The number of nitrogens with two attached hydrogens (primary N) is 1. The van der Waals surface area contributed by atoms with E-state index in [1.807, 2.05) is 0 Å². The molecule has 0 saturated heterocycles. The highest BCUT2D eigenvalue weighted by Crippen LogP contribution is 2.25. The second kappa shape index (κ2) is 8.48. The molecule has 25 heavy (non-hydrogen) atoms. The van der Waals surface area contributed by atoms with Crippen LogP contribution in [-0.4, -0.2) is 25.0 Å². The molecule has 0 saturated carbocycles. The highest BCUT2D eigenvalue weighted by molar-refractivity contribution is 6.32. The summed E-state index contributed by atoms with van der Waals surface area (Å²) in [7, 11) is 1.50. The molecule has 0 fully saturated rings. The van der Waals surface area contributed by atoms with E-state index in [2.05, 4.69) is 5.32 Å². The van der Waals surface area contributed by atoms with Gasteiger partial charge in [0.1, 0.15) is 17.6 Å². The largest absolute Gasteiger partial charge is 0.495 e. The Morgan fingerprint density at radius 2 is 1.84 bits per heavy atom. The highest BCUT2D eigenvalue weighted by atomic mass is 35.5. The van der Waals surface area contributed by atoms with Gasteiger partial charge in [-0.15, -0.1) is 0 Å². The van der Waals surface area contributed by atoms with E-state index >= 15 is 0 Å². The van der Waals surface area contributed by atoms with Crippen molar-refractivity contribution in [3.8, 4) is 5.75 Å². The molecule has 0 aliphatic carbocycles. The van der Waals surface area contributed by atoms with Crippen LogP contribution in [0.15, 0.2) is 42.5 Å². The molecule has 2 amide bonds. The molecule has 2 aromatic carbocycles. The van der Waals surface area contributed by atoms with Crippen LogP contribution in [0.5, 0.6) is 5.75 Å². The van der Waals surface area contributed by atoms with Crippen molar-refractivity contribution in [3.05, 3.63) is 64.4 Å². The van der Waals surface area contributed by atoms with Crippen LogP contribution in [-0.2, 0) is 22.4 Å². The molecule has 7 heteroatoms. The molecule has 1 atom stereocenters. The average Bonchev–Trinajstić information content (AvgIpc) is 2.56. The third kappa shape index (κ3) is 5.46. The Labute approximate surface area is 149 Å². The fourth-order valence-corrected chi connectivity index (χ4v) is 2.61. The van der Waals surface area contributed by atoms with Gasteiger partial charge in [0.05, 0.1) is 18.6 Å². The van der Waals surface area contributed by atoms with E-state index < -0.39 is 11.9 Å². The molecule has 132 valence electrons. The maximum atomic E-state index is 12.9. The monoisotopic (exact) mass is 364 g/mol. The van der Waals surface area contributed by atoms with E-state index in [9.17, 15) is 14.0 Å². The molecule has 0 unspecified atom stereocenters. The number of amides is 2. The number of benzene rings is 2. The van der Waals surface area contributed by atoms with Crippen molar-refractivity contribution in [2.24, 2.45) is 5.73 Å². The molecule has 2 rings (SSSR count). The molecule has 0 aromatic heterocycles. The molecular weight excluding hydrogens is 347 g/mol. The highest BCUT2D eigenvalue weighted by Gasteiger charge is 2.19. The van der Waals surface area contributed by atoms with Crippen LogP contribution in [0.4, 0.5) is 4.39 Å². The number of rotatable bonds is 7. The van der Waals surface area contributed by atoms with Crippen LogP contribution in [0.1, 0.15) is 11.1 Å². The molecule has 0 heterocycles. The van der Waals surface area contributed by atoms with Gasteiger partial charge in [0, 0.05) is 6.42 Å². The van der Waals surface area contributed by atoms with Crippen LogP contribution < -0.4 is 15.8 Å². The van der Waals surface area contributed by atoms with Crippen molar-refractivity contribution in [1.82, 2.24) is 5.32 Å². The van der Waals surface area contributed by atoms with E-state index in [0.29, 0.717) is 16.3 Å². The fourth-order valence-electron chi connectivity index (χ4n) is 2.33. The van der Waals surface area contributed by atoms with Crippen molar-refractivity contribution >= 4 is 23.4 Å². The van der Waals surface area contributed by atoms with E-state index in [4.69, 9.17) is 22.1 Å². The van der Waals surface area contributed by atoms with Crippen molar-refractivity contribution in [2.45, 2.75) is 18.9 Å². The van der Waals surface area contributed by atoms with Gasteiger partial charge in [-0.3, -0.25) is 9.59 Å². The summed E-state index contributed by atoms with van der Waals surface area (Å²) in [5, 5.41) is 3.00. The number of halogens is 2. The smallest absolute Gasteiger partial charge is 0.240 e. The number of nitrogens with one attached hydrogen (secondary N) is 1. The maximum absolute atomic E-state index is 12.9. The van der Waals surface area contributed by atoms with Gasteiger partial charge >= 0.3 is 0 Å². The van der Waals surface area contributed by atoms with Gasteiger partial charge in [0.15, 0.2) is 0 Å². The van der Waals surface area contributed by atoms with Crippen molar-refractivity contribution in [2.75, 3.05) is 7.11 Å². The lowest BCUT2D eigenvalue weighted by Gasteiger charge is -2.16. The first-order chi connectivity index (χ1) is 11.9. The van der Waals surface area contributed by atoms with E-state index in [0.717, 1.165) is 5.56 Å². The van der Waals surface area contributed by atoms with Gasteiger partial charge in [-0.1, -0.05) is 29.8 Å². The molecule has 0 spiro atoms. The molecular formula is C18H18ClFN2O3. The minimum absolute atomic E-state index is 0.0213. The Hall–Kier alpha value is -2.60. The quantitative estimate of drug-likeness (QED) is 0.790. The van der Waals surface area contributed by atoms with E-state index in [1.54, 1.807) is 18.2 Å². The third-order valence-electron chi connectivity index (χ3n) is 3.61. The summed E-state index contributed by atoms with van der Waals surface area (Å²) < 4.78 is 18.0. The first-order valence-corrected chi connectivity index (χ1v) is 7.92. The van der Waals surface area contributed by atoms with Gasteiger partial charge in [-0.05, 0) is 35.4 Å². The Balaban J connectivity index is 2.02. The molecule has 5 nitrogen and oxygen atoms in total. The number of primary amides is 1. The summed E-state index contributed by atoms with van der Waals surface area (Å²) in [5.74, 6) is -0.897. The zero-order valence-corrected chi connectivity index (χ0v) is 14.3. The van der Waals surface area contributed by atoms with Gasteiger partial charge in [0.2, 0.25) is 11.8 Å². The van der Waals surface area contributed by atoms with Gasteiger partial charge in [-0.25, -0.2) is 4.39 Å². The summed E-state index contributed by atoms with van der Waals surface area (Å²) in [6, 6.07) is 9.76. The van der Waals surface area contributed by atoms with Gasteiger partial charge in [-0.2, -0.15) is 0 Å². The normalized spacial score (nSPS) is 11.6. The number of ether oxygens (including phenoxy) is 1. The standard InChI is InChI=1S/C18H18ClFN2O3/c1-25-16-7-4-12(8-14(16)19)9-15(18(21)24)22-17(23)10-11-2-5-13(20)6-3-11/h2-8,15H,9-10H2,1H3,(H2,21,24)(H,22,23)/t15-/m0/s1. The fraction of sp³-hybridized carbons (Fsp3) is 0.222. The summed E-state index contributed by atoms with van der Waals surface area (Å²) in [5.41, 5.74) is 6.75. The molecule has 3 N–H and O–H groups in total.